The summed E-state index contributed by atoms with van der Waals surface area (Å²) in [7, 11) is 0. The minimum Gasteiger partial charge on any atom is -0.478 e. The van der Waals surface area contributed by atoms with E-state index in [1.807, 2.05) is 6.92 Å². The number of rotatable bonds is 3. The van der Waals surface area contributed by atoms with Crippen molar-refractivity contribution in [2.24, 2.45) is 0 Å². The first-order chi connectivity index (χ1) is 9.49. The Morgan fingerprint density at radius 1 is 1.25 bits per heavy atom. The number of benzene rings is 1. The van der Waals surface area contributed by atoms with Crippen LogP contribution in [0.5, 0.6) is 0 Å². The number of aromatic carboxylic acids is 1. The molecule has 2 rings (SSSR count). The van der Waals surface area contributed by atoms with Crippen molar-refractivity contribution in [3.05, 3.63) is 58.4 Å². The number of carboxylic acids is 1. The number of carbonyl (C=O) groups is 2. The molecule has 1 amide bonds. The van der Waals surface area contributed by atoms with Gasteiger partial charge in [0.15, 0.2) is 0 Å². The molecule has 1 aromatic carbocycles. The van der Waals surface area contributed by atoms with Crippen molar-refractivity contribution < 1.29 is 14.7 Å². The molecular formula is C14H11ClN2O3. The third-order valence-electron chi connectivity index (χ3n) is 2.74. The monoisotopic (exact) mass is 290 g/mol. The van der Waals surface area contributed by atoms with Crippen molar-refractivity contribution in [2.75, 3.05) is 5.32 Å². The highest BCUT2D eigenvalue weighted by molar-refractivity contribution is 6.31. The van der Waals surface area contributed by atoms with Crippen LogP contribution in [0.1, 0.15) is 26.3 Å². The second-order valence-corrected chi connectivity index (χ2v) is 4.58. The molecule has 0 saturated carbocycles. The summed E-state index contributed by atoms with van der Waals surface area (Å²) in [6.07, 6.45) is 2.51. The Morgan fingerprint density at radius 2 is 2.00 bits per heavy atom. The number of pyridine rings is 1. The van der Waals surface area contributed by atoms with Gasteiger partial charge in [-0.25, -0.2) is 4.79 Å². The summed E-state index contributed by atoms with van der Waals surface area (Å²) in [5.41, 5.74) is 1.26. The Labute approximate surface area is 120 Å². The molecule has 0 radical (unpaired) electrons. The molecule has 5 nitrogen and oxygen atoms in total. The summed E-state index contributed by atoms with van der Waals surface area (Å²) < 4.78 is 0. The van der Waals surface area contributed by atoms with Crippen LogP contribution in [0.4, 0.5) is 5.69 Å². The molecular weight excluding hydrogens is 280 g/mol. The van der Waals surface area contributed by atoms with Crippen LogP contribution in [-0.4, -0.2) is 22.0 Å². The van der Waals surface area contributed by atoms with E-state index in [1.165, 1.54) is 12.3 Å². The van der Waals surface area contributed by atoms with Crippen LogP contribution in [0, 0.1) is 6.92 Å². The smallest absolute Gasteiger partial charge is 0.338 e. The van der Waals surface area contributed by atoms with Gasteiger partial charge in [-0.15, -0.1) is 0 Å². The number of hydrogen-bond donors (Lipinski definition) is 2. The lowest BCUT2D eigenvalue weighted by Crippen LogP contribution is -2.17. The fourth-order valence-corrected chi connectivity index (χ4v) is 1.85. The molecule has 0 saturated heterocycles. The summed E-state index contributed by atoms with van der Waals surface area (Å²) in [4.78, 5) is 26.9. The lowest BCUT2D eigenvalue weighted by Gasteiger charge is -2.10. The van der Waals surface area contributed by atoms with Crippen LogP contribution in [0.15, 0.2) is 36.7 Å². The van der Waals surface area contributed by atoms with Gasteiger partial charge in [-0.3, -0.25) is 9.78 Å². The highest BCUT2D eigenvalue weighted by Crippen LogP contribution is 2.21. The van der Waals surface area contributed by atoms with Crippen molar-refractivity contribution >= 4 is 29.2 Å². The third-order valence-corrected chi connectivity index (χ3v) is 2.98. The average Bonchev–Trinajstić information content (AvgIpc) is 2.42. The predicted octanol–water partition coefficient (Wildman–Crippen LogP) is 2.99. The number of hydrogen-bond acceptors (Lipinski definition) is 3. The molecule has 0 aliphatic rings. The molecule has 0 fully saturated rings. The molecule has 2 N–H and O–H groups in total. The Hall–Kier alpha value is -2.40. The molecule has 0 aliphatic heterocycles. The van der Waals surface area contributed by atoms with Gasteiger partial charge in [0.1, 0.15) is 0 Å². The lowest BCUT2D eigenvalue weighted by molar-refractivity contribution is 0.0692. The van der Waals surface area contributed by atoms with Crippen molar-refractivity contribution in [3.8, 4) is 0 Å². The number of aryl methyl sites for hydroxylation is 1. The summed E-state index contributed by atoms with van der Waals surface area (Å²) in [5, 5.41) is 12.2. The SMILES string of the molecule is Cc1ccc(Cl)cc1NC(=O)c1ccncc1C(=O)O. The first-order valence-electron chi connectivity index (χ1n) is 5.74. The van der Waals surface area contributed by atoms with Crippen molar-refractivity contribution in [1.82, 2.24) is 4.98 Å². The van der Waals surface area contributed by atoms with E-state index in [-0.39, 0.29) is 11.1 Å². The second-order valence-electron chi connectivity index (χ2n) is 4.14. The van der Waals surface area contributed by atoms with E-state index in [1.54, 1.807) is 18.2 Å². The van der Waals surface area contributed by atoms with Gasteiger partial charge in [-0.2, -0.15) is 0 Å². The summed E-state index contributed by atoms with van der Waals surface area (Å²) in [6.45, 7) is 1.82. The molecule has 0 atom stereocenters. The first-order valence-corrected chi connectivity index (χ1v) is 6.11. The topological polar surface area (TPSA) is 79.3 Å². The van der Waals surface area contributed by atoms with Crippen LogP contribution in [0.25, 0.3) is 0 Å². The van der Waals surface area contributed by atoms with Gasteiger partial charge in [0.2, 0.25) is 0 Å². The van der Waals surface area contributed by atoms with Crippen LogP contribution in [0.3, 0.4) is 0 Å². The fourth-order valence-electron chi connectivity index (χ4n) is 1.68. The molecule has 0 bridgehead atoms. The minimum absolute atomic E-state index is 0.0480. The maximum absolute atomic E-state index is 12.2. The van der Waals surface area contributed by atoms with Crippen molar-refractivity contribution in [2.45, 2.75) is 6.92 Å². The van der Waals surface area contributed by atoms with Gasteiger partial charge in [0, 0.05) is 23.1 Å². The molecule has 1 aromatic heterocycles. The maximum Gasteiger partial charge on any atom is 0.338 e. The summed E-state index contributed by atoms with van der Waals surface area (Å²) >= 11 is 5.87. The van der Waals surface area contributed by atoms with Gasteiger partial charge in [0.05, 0.1) is 11.1 Å². The molecule has 2 aromatic rings. The first kappa shape index (κ1) is 14.0. The third kappa shape index (κ3) is 2.95. The molecule has 102 valence electrons. The number of carboxylic acid groups (broad SMARTS) is 1. The number of carbonyl (C=O) groups excluding carboxylic acids is 1. The molecule has 20 heavy (non-hydrogen) atoms. The highest BCUT2D eigenvalue weighted by Gasteiger charge is 2.17. The second kappa shape index (κ2) is 5.71. The maximum atomic E-state index is 12.2. The number of nitrogens with one attached hydrogen (secondary N) is 1. The zero-order chi connectivity index (χ0) is 14.7. The van der Waals surface area contributed by atoms with E-state index in [2.05, 4.69) is 10.3 Å². The van der Waals surface area contributed by atoms with E-state index in [0.29, 0.717) is 10.7 Å². The van der Waals surface area contributed by atoms with Gasteiger partial charge in [-0.05, 0) is 30.7 Å². The quantitative estimate of drug-likeness (QED) is 0.911. The summed E-state index contributed by atoms with van der Waals surface area (Å²) in [6, 6.07) is 6.44. The molecule has 0 unspecified atom stereocenters. The normalized spacial score (nSPS) is 10.1. The number of halogens is 1. The number of amides is 1. The average molecular weight is 291 g/mol. The van der Waals surface area contributed by atoms with Crippen molar-refractivity contribution in [3.63, 3.8) is 0 Å². The Kier molecular flexibility index (Phi) is 4.00. The van der Waals surface area contributed by atoms with E-state index in [0.717, 1.165) is 11.8 Å². The predicted molar refractivity (Wildman–Crippen MR) is 75.3 cm³/mol. The molecule has 1 heterocycles. The standard InChI is InChI=1S/C14H11ClN2O3/c1-8-2-3-9(15)6-12(8)17-13(18)10-4-5-16-7-11(10)14(19)20/h2-7H,1H3,(H,17,18)(H,19,20). The van der Waals surface area contributed by atoms with Gasteiger partial charge >= 0.3 is 5.97 Å². The number of anilines is 1. The van der Waals surface area contributed by atoms with Crippen LogP contribution >= 0.6 is 11.6 Å². The number of aromatic nitrogens is 1. The van der Waals surface area contributed by atoms with Crippen LogP contribution in [-0.2, 0) is 0 Å². The van der Waals surface area contributed by atoms with E-state index < -0.39 is 11.9 Å². The molecule has 6 heteroatoms. The Morgan fingerprint density at radius 3 is 2.70 bits per heavy atom. The Balaban J connectivity index is 2.33. The fraction of sp³-hybridized carbons (Fsp3) is 0.0714. The van der Waals surface area contributed by atoms with Crippen molar-refractivity contribution in [1.29, 1.82) is 0 Å². The van der Waals surface area contributed by atoms with E-state index in [4.69, 9.17) is 16.7 Å². The summed E-state index contributed by atoms with van der Waals surface area (Å²) in [5.74, 6) is -1.72. The number of nitrogens with zero attached hydrogens (tertiary/aromatic N) is 1. The molecule has 0 spiro atoms. The highest BCUT2D eigenvalue weighted by atomic mass is 35.5. The van der Waals surface area contributed by atoms with Crippen LogP contribution < -0.4 is 5.32 Å². The van der Waals surface area contributed by atoms with E-state index >= 15 is 0 Å². The zero-order valence-electron chi connectivity index (χ0n) is 10.6. The molecule has 0 aliphatic carbocycles. The zero-order valence-corrected chi connectivity index (χ0v) is 11.3. The van der Waals surface area contributed by atoms with Gasteiger partial charge in [-0.1, -0.05) is 17.7 Å². The van der Waals surface area contributed by atoms with E-state index in [9.17, 15) is 9.59 Å². The minimum atomic E-state index is -1.20. The van der Waals surface area contributed by atoms with Gasteiger partial charge in [0.25, 0.3) is 5.91 Å². The van der Waals surface area contributed by atoms with Crippen LogP contribution in [0.2, 0.25) is 5.02 Å². The van der Waals surface area contributed by atoms with Gasteiger partial charge < -0.3 is 10.4 Å². The Bertz CT molecular complexity index is 686. The lowest BCUT2D eigenvalue weighted by atomic mass is 10.1. The largest absolute Gasteiger partial charge is 0.478 e.